The molecule has 1 aromatic heterocycles. The molecule has 0 saturated carbocycles. The number of nitrogens with zero attached hydrogens (tertiary/aromatic N) is 2. The third kappa shape index (κ3) is 5.84. The van der Waals surface area contributed by atoms with E-state index in [4.69, 9.17) is 0 Å². The summed E-state index contributed by atoms with van der Waals surface area (Å²) in [7, 11) is -3.15. The first-order chi connectivity index (χ1) is 9.74. The van der Waals surface area contributed by atoms with E-state index >= 15 is 0 Å². The average Bonchev–Trinajstić information content (AvgIpc) is 2.36. The lowest BCUT2D eigenvalue weighted by Gasteiger charge is -2.17. The van der Waals surface area contributed by atoms with Crippen molar-refractivity contribution < 1.29 is 8.42 Å². The molecule has 0 aromatic carbocycles. The number of aromatic nitrogens is 2. The van der Waals surface area contributed by atoms with E-state index in [0.717, 1.165) is 0 Å². The number of sulfonamides is 1. The molecule has 1 aromatic rings. The molecule has 0 fully saturated rings. The second-order valence-corrected chi connectivity index (χ2v) is 7.19. The summed E-state index contributed by atoms with van der Waals surface area (Å²) in [4.78, 5) is 18.5. The zero-order valence-corrected chi connectivity index (χ0v) is 13.8. The normalized spacial score (nSPS) is 12.1. The van der Waals surface area contributed by atoms with Gasteiger partial charge in [-0.25, -0.2) is 17.7 Å². The Kier molecular flexibility index (Phi) is 6.35. The van der Waals surface area contributed by atoms with E-state index in [-0.39, 0.29) is 11.5 Å². The maximum atomic E-state index is 11.5. The molecule has 7 nitrogen and oxygen atoms in total. The van der Waals surface area contributed by atoms with Gasteiger partial charge in [-0.05, 0) is 6.42 Å². The third-order valence-electron chi connectivity index (χ3n) is 3.02. The Labute approximate surface area is 125 Å². The van der Waals surface area contributed by atoms with Gasteiger partial charge in [0, 0.05) is 31.6 Å². The fourth-order valence-electron chi connectivity index (χ4n) is 1.87. The van der Waals surface area contributed by atoms with Crippen molar-refractivity contribution in [3.8, 4) is 0 Å². The highest BCUT2D eigenvalue weighted by atomic mass is 32.2. The van der Waals surface area contributed by atoms with Gasteiger partial charge in [0.1, 0.15) is 11.6 Å². The van der Waals surface area contributed by atoms with Crippen LogP contribution in [0.2, 0.25) is 0 Å². The monoisotopic (exact) mass is 316 g/mol. The van der Waals surface area contributed by atoms with Crippen molar-refractivity contribution in [3.05, 3.63) is 22.2 Å². The van der Waals surface area contributed by atoms with Crippen LogP contribution >= 0.6 is 0 Å². The van der Waals surface area contributed by atoms with Gasteiger partial charge in [0.25, 0.3) is 5.56 Å². The maximum Gasteiger partial charge on any atom is 0.252 e. The van der Waals surface area contributed by atoms with Crippen LogP contribution in [0.3, 0.4) is 0 Å². The molecule has 0 unspecified atom stereocenters. The topological polar surface area (TPSA) is 95.2 Å². The molecule has 120 valence electrons. The Morgan fingerprint density at radius 1 is 1.43 bits per heavy atom. The van der Waals surface area contributed by atoms with Crippen molar-refractivity contribution >= 4 is 15.8 Å². The Bertz CT molecular complexity index is 610. The minimum atomic E-state index is -3.15. The molecular weight excluding hydrogens is 292 g/mol. The van der Waals surface area contributed by atoms with Crippen molar-refractivity contribution in [1.82, 2.24) is 14.3 Å². The Hall–Kier alpha value is -1.41. The SMILES string of the molecule is CCN(CCCNc1cc(=O)[nH]c(C(C)C)n1)S(C)(=O)=O. The molecule has 0 saturated heterocycles. The van der Waals surface area contributed by atoms with Gasteiger partial charge in [-0.3, -0.25) is 4.79 Å². The van der Waals surface area contributed by atoms with Gasteiger partial charge in [-0.2, -0.15) is 0 Å². The lowest BCUT2D eigenvalue weighted by Crippen LogP contribution is -2.31. The molecule has 0 radical (unpaired) electrons. The summed E-state index contributed by atoms with van der Waals surface area (Å²) < 4.78 is 24.3. The van der Waals surface area contributed by atoms with Crippen molar-refractivity contribution in [1.29, 1.82) is 0 Å². The number of H-pyrrole nitrogens is 1. The quantitative estimate of drug-likeness (QED) is 0.697. The number of nitrogens with one attached hydrogen (secondary N) is 2. The summed E-state index contributed by atoms with van der Waals surface area (Å²) in [5.41, 5.74) is -0.192. The molecule has 0 aliphatic rings. The Morgan fingerprint density at radius 2 is 2.10 bits per heavy atom. The van der Waals surface area contributed by atoms with Crippen LogP contribution in [0.25, 0.3) is 0 Å². The highest BCUT2D eigenvalue weighted by molar-refractivity contribution is 7.88. The molecule has 0 bridgehead atoms. The van der Waals surface area contributed by atoms with Crippen molar-refractivity contribution in [3.63, 3.8) is 0 Å². The van der Waals surface area contributed by atoms with Gasteiger partial charge in [0.05, 0.1) is 6.26 Å². The summed E-state index contributed by atoms with van der Waals surface area (Å²) in [5, 5.41) is 3.06. The number of rotatable bonds is 8. The highest BCUT2D eigenvalue weighted by Gasteiger charge is 2.13. The van der Waals surface area contributed by atoms with E-state index in [1.165, 1.54) is 16.6 Å². The summed E-state index contributed by atoms with van der Waals surface area (Å²) in [5.74, 6) is 1.29. The lowest BCUT2D eigenvalue weighted by atomic mass is 10.2. The maximum absolute atomic E-state index is 11.5. The molecule has 1 rings (SSSR count). The summed E-state index contributed by atoms with van der Waals surface area (Å²) >= 11 is 0. The smallest absolute Gasteiger partial charge is 0.252 e. The molecule has 0 aliphatic carbocycles. The summed E-state index contributed by atoms with van der Waals surface area (Å²) in [6.45, 7) is 7.17. The highest BCUT2D eigenvalue weighted by Crippen LogP contribution is 2.09. The number of aromatic amines is 1. The minimum absolute atomic E-state index is 0.139. The Morgan fingerprint density at radius 3 is 2.62 bits per heavy atom. The van der Waals surface area contributed by atoms with Crippen LogP contribution in [-0.4, -0.2) is 48.6 Å². The first-order valence-electron chi connectivity index (χ1n) is 7.04. The second kappa shape index (κ2) is 7.56. The van der Waals surface area contributed by atoms with Crippen LogP contribution in [0.5, 0.6) is 0 Å². The predicted octanol–water partition coefficient (Wildman–Crippen LogP) is 0.977. The molecular formula is C13H24N4O3S. The van der Waals surface area contributed by atoms with E-state index in [2.05, 4.69) is 15.3 Å². The van der Waals surface area contributed by atoms with Crippen LogP contribution in [-0.2, 0) is 10.0 Å². The first-order valence-corrected chi connectivity index (χ1v) is 8.89. The van der Waals surface area contributed by atoms with Crippen molar-refractivity contribution in [2.75, 3.05) is 31.2 Å². The van der Waals surface area contributed by atoms with Gasteiger partial charge in [0.2, 0.25) is 10.0 Å². The summed E-state index contributed by atoms with van der Waals surface area (Å²) in [6.07, 6.45) is 1.85. The van der Waals surface area contributed by atoms with Crippen LogP contribution in [0.4, 0.5) is 5.82 Å². The van der Waals surface area contributed by atoms with E-state index in [1.807, 2.05) is 20.8 Å². The molecule has 0 spiro atoms. The fraction of sp³-hybridized carbons (Fsp3) is 0.692. The molecule has 21 heavy (non-hydrogen) atoms. The molecule has 1 heterocycles. The van der Waals surface area contributed by atoms with E-state index < -0.39 is 10.0 Å². The standard InChI is InChI=1S/C13H24N4O3S/c1-5-17(21(4,19)20)8-6-7-14-11-9-12(18)16-13(15-11)10(2)3/h9-10H,5-8H2,1-4H3,(H2,14,15,16,18). The number of anilines is 1. The fourth-order valence-corrected chi connectivity index (χ4v) is 2.80. The van der Waals surface area contributed by atoms with Crippen molar-refractivity contribution in [2.24, 2.45) is 0 Å². The predicted molar refractivity (Wildman–Crippen MR) is 84.1 cm³/mol. The molecule has 0 atom stereocenters. The van der Waals surface area contributed by atoms with E-state index in [1.54, 1.807) is 0 Å². The van der Waals surface area contributed by atoms with Crippen LogP contribution in [0.15, 0.2) is 10.9 Å². The zero-order valence-electron chi connectivity index (χ0n) is 13.0. The van der Waals surface area contributed by atoms with Crippen LogP contribution < -0.4 is 10.9 Å². The Balaban J connectivity index is 2.55. The molecule has 2 N–H and O–H groups in total. The van der Waals surface area contributed by atoms with Crippen LogP contribution in [0.1, 0.15) is 38.9 Å². The van der Waals surface area contributed by atoms with E-state index in [0.29, 0.717) is 37.7 Å². The first kappa shape index (κ1) is 17.6. The third-order valence-corrected chi connectivity index (χ3v) is 4.40. The van der Waals surface area contributed by atoms with Gasteiger partial charge in [0.15, 0.2) is 0 Å². The summed E-state index contributed by atoms with van der Waals surface area (Å²) in [6, 6.07) is 1.40. The number of hydrogen-bond acceptors (Lipinski definition) is 5. The van der Waals surface area contributed by atoms with Gasteiger partial charge in [-0.15, -0.1) is 0 Å². The van der Waals surface area contributed by atoms with Gasteiger partial charge >= 0.3 is 0 Å². The molecule has 8 heteroatoms. The largest absolute Gasteiger partial charge is 0.370 e. The van der Waals surface area contributed by atoms with Gasteiger partial charge < -0.3 is 10.3 Å². The molecule has 0 aliphatic heterocycles. The minimum Gasteiger partial charge on any atom is -0.370 e. The van der Waals surface area contributed by atoms with E-state index in [9.17, 15) is 13.2 Å². The average molecular weight is 316 g/mol. The lowest BCUT2D eigenvalue weighted by molar-refractivity contribution is 0.428. The second-order valence-electron chi connectivity index (χ2n) is 5.21. The van der Waals surface area contributed by atoms with Crippen LogP contribution in [0, 0.1) is 0 Å². The molecule has 0 amide bonds. The zero-order chi connectivity index (χ0) is 16.0. The van der Waals surface area contributed by atoms with Crippen molar-refractivity contribution in [2.45, 2.75) is 33.1 Å². The number of hydrogen-bond donors (Lipinski definition) is 2. The van der Waals surface area contributed by atoms with Gasteiger partial charge in [-0.1, -0.05) is 20.8 Å².